The molecule has 0 spiro atoms. The van der Waals surface area contributed by atoms with Crippen LogP contribution < -0.4 is 0 Å². The molecule has 2 aromatic carbocycles. The molecule has 2 rings (SSSR count). The van der Waals surface area contributed by atoms with Crippen molar-refractivity contribution in [1.29, 1.82) is 0 Å². The summed E-state index contributed by atoms with van der Waals surface area (Å²) in [6.45, 7) is 7.70. The Kier molecular flexibility index (Phi) is 4.93. The van der Waals surface area contributed by atoms with Crippen molar-refractivity contribution in [2.75, 3.05) is 0 Å². The summed E-state index contributed by atoms with van der Waals surface area (Å²) in [7, 11) is -2.06. The van der Waals surface area contributed by atoms with Gasteiger partial charge in [0.15, 0.2) is 5.16 Å². The molecule has 0 saturated carbocycles. The fourth-order valence-corrected chi connectivity index (χ4v) is 4.41. The number of rotatable bonds is 5. The SMILES string of the molecule is CCC(C)(c1ccccc1)[P+](=O)C(=O)c1c(C)cccc1C. The fraction of sp³-hybridized carbons (Fsp3) is 0.316. The van der Waals surface area contributed by atoms with Gasteiger partial charge in [-0.1, -0.05) is 60.0 Å². The molecule has 0 heterocycles. The van der Waals surface area contributed by atoms with E-state index in [1.165, 1.54) is 0 Å². The van der Waals surface area contributed by atoms with Gasteiger partial charge in [0.1, 0.15) is 0 Å². The van der Waals surface area contributed by atoms with Crippen LogP contribution in [0.5, 0.6) is 0 Å². The Morgan fingerprint density at radius 3 is 2.05 bits per heavy atom. The van der Waals surface area contributed by atoms with Gasteiger partial charge < -0.3 is 0 Å². The van der Waals surface area contributed by atoms with Gasteiger partial charge in [0, 0.05) is 5.56 Å². The lowest BCUT2D eigenvalue weighted by atomic mass is 9.98. The molecule has 0 amide bonds. The van der Waals surface area contributed by atoms with Crippen LogP contribution in [0.25, 0.3) is 0 Å². The quantitative estimate of drug-likeness (QED) is 0.674. The lowest BCUT2D eigenvalue weighted by Crippen LogP contribution is -2.19. The van der Waals surface area contributed by atoms with Gasteiger partial charge in [-0.2, -0.15) is 0 Å². The maximum atomic E-state index is 13.1. The Bertz CT molecular complexity index is 686. The minimum Gasteiger partial charge on any atom is -0.234 e. The van der Waals surface area contributed by atoms with E-state index in [9.17, 15) is 9.36 Å². The maximum absolute atomic E-state index is 13.1. The van der Waals surface area contributed by atoms with E-state index in [-0.39, 0.29) is 5.52 Å². The molecular formula is C19H22O2P+. The first kappa shape index (κ1) is 16.6. The van der Waals surface area contributed by atoms with Crippen LogP contribution in [0.2, 0.25) is 0 Å². The van der Waals surface area contributed by atoms with E-state index in [1.807, 2.05) is 76.2 Å². The minimum absolute atomic E-state index is 0.237. The first-order valence-corrected chi connectivity index (χ1v) is 8.81. The Hall–Kier alpha value is -1.79. The summed E-state index contributed by atoms with van der Waals surface area (Å²) in [5.41, 5.74) is 3.11. The second kappa shape index (κ2) is 6.54. The zero-order chi connectivity index (χ0) is 16.3. The van der Waals surface area contributed by atoms with E-state index in [4.69, 9.17) is 0 Å². The van der Waals surface area contributed by atoms with Crippen LogP contribution in [-0.2, 0) is 9.72 Å². The summed E-state index contributed by atoms with van der Waals surface area (Å²) < 4.78 is 13.1. The van der Waals surface area contributed by atoms with E-state index in [0.717, 1.165) is 16.7 Å². The third-order valence-electron chi connectivity index (χ3n) is 4.41. The van der Waals surface area contributed by atoms with Crippen molar-refractivity contribution in [3.8, 4) is 0 Å². The van der Waals surface area contributed by atoms with E-state index in [1.54, 1.807) is 0 Å². The van der Waals surface area contributed by atoms with Crippen molar-refractivity contribution in [3.05, 3.63) is 70.8 Å². The van der Waals surface area contributed by atoms with Gasteiger partial charge in [-0.05, 0) is 38.3 Å². The largest absolute Gasteiger partial charge is 0.430 e. The van der Waals surface area contributed by atoms with Crippen molar-refractivity contribution >= 4 is 13.3 Å². The molecule has 114 valence electrons. The lowest BCUT2D eigenvalue weighted by molar-refractivity contribution is 0.107. The predicted octanol–water partition coefficient (Wildman–Crippen LogP) is 5.60. The monoisotopic (exact) mass is 313 g/mol. The van der Waals surface area contributed by atoms with E-state index in [2.05, 4.69) is 0 Å². The Labute approximate surface area is 133 Å². The number of carbonyl (C=O) groups excluding carboxylic acids is 1. The molecule has 2 aromatic rings. The molecule has 0 aromatic heterocycles. The summed E-state index contributed by atoms with van der Waals surface area (Å²) in [6, 6.07) is 15.4. The molecular weight excluding hydrogens is 291 g/mol. The van der Waals surface area contributed by atoms with E-state index in [0.29, 0.717) is 12.0 Å². The van der Waals surface area contributed by atoms with Gasteiger partial charge in [-0.25, -0.2) is 4.79 Å². The van der Waals surface area contributed by atoms with Crippen LogP contribution in [0.15, 0.2) is 48.5 Å². The van der Waals surface area contributed by atoms with Crippen LogP contribution in [-0.4, -0.2) is 5.52 Å². The van der Waals surface area contributed by atoms with Gasteiger partial charge in [0.2, 0.25) is 0 Å². The Morgan fingerprint density at radius 2 is 1.55 bits per heavy atom. The van der Waals surface area contributed by atoms with Gasteiger partial charge in [0.05, 0.1) is 5.56 Å². The number of hydrogen-bond acceptors (Lipinski definition) is 2. The van der Waals surface area contributed by atoms with Crippen molar-refractivity contribution in [1.82, 2.24) is 0 Å². The smallest absolute Gasteiger partial charge is 0.234 e. The van der Waals surface area contributed by atoms with Crippen LogP contribution in [0.3, 0.4) is 0 Å². The lowest BCUT2D eigenvalue weighted by Gasteiger charge is -2.17. The second-order valence-corrected chi connectivity index (χ2v) is 7.84. The van der Waals surface area contributed by atoms with Crippen LogP contribution in [0.1, 0.15) is 47.3 Å². The van der Waals surface area contributed by atoms with E-state index >= 15 is 0 Å². The fourth-order valence-electron chi connectivity index (χ4n) is 2.74. The summed E-state index contributed by atoms with van der Waals surface area (Å²) in [4.78, 5) is 12.9. The molecule has 0 radical (unpaired) electrons. The average Bonchev–Trinajstić information content (AvgIpc) is 2.54. The van der Waals surface area contributed by atoms with Gasteiger partial charge in [-0.15, -0.1) is 0 Å². The molecule has 0 aliphatic rings. The van der Waals surface area contributed by atoms with Gasteiger partial charge >= 0.3 is 13.3 Å². The highest BCUT2D eigenvalue weighted by Gasteiger charge is 2.50. The Morgan fingerprint density at radius 1 is 1.00 bits per heavy atom. The highest BCUT2D eigenvalue weighted by atomic mass is 31.1. The molecule has 2 nitrogen and oxygen atoms in total. The molecule has 0 N–H and O–H groups in total. The van der Waals surface area contributed by atoms with Crippen molar-refractivity contribution in [2.24, 2.45) is 0 Å². The van der Waals surface area contributed by atoms with Crippen molar-refractivity contribution in [3.63, 3.8) is 0 Å². The highest BCUT2D eigenvalue weighted by molar-refractivity contribution is 7.65. The van der Waals surface area contributed by atoms with Crippen LogP contribution in [0, 0.1) is 13.8 Å². The van der Waals surface area contributed by atoms with Crippen LogP contribution >= 0.6 is 7.80 Å². The summed E-state index contributed by atoms with van der Waals surface area (Å²) >= 11 is 0. The maximum Gasteiger partial charge on any atom is 0.430 e. The molecule has 0 saturated heterocycles. The highest BCUT2D eigenvalue weighted by Crippen LogP contribution is 2.51. The number of benzene rings is 2. The normalized spacial score (nSPS) is 14.3. The minimum atomic E-state index is -2.06. The molecule has 0 bridgehead atoms. The Balaban J connectivity index is 2.48. The molecule has 3 heteroatoms. The molecule has 2 atom stereocenters. The standard InChI is InChI=1S/C19H22O2P/c1-5-19(4,16-12-7-6-8-13-16)22(21)18(20)17-14(2)10-9-11-15(17)3/h6-13H,5H2,1-4H3/q+1. The van der Waals surface area contributed by atoms with Crippen LogP contribution in [0.4, 0.5) is 0 Å². The summed E-state index contributed by atoms with van der Waals surface area (Å²) in [5.74, 6) is 0. The topological polar surface area (TPSA) is 34.1 Å². The van der Waals surface area contributed by atoms with Gasteiger partial charge in [0.25, 0.3) is 0 Å². The zero-order valence-corrected chi connectivity index (χ0v) is 14.5. The first-order chi connectivity index (χ1) is 10.4. The number of carbonyl (C=O) groups is 1. The summed E-state index contributed by atoms with van der Waals surface area (Å²) in [5, 5.41) is -0.637. The molecule has 22 heavy (non-hydrogen) atoms. The average molecular weight is 313 g/mol. The zero-order valence-electron chi connectivity index (χ0n) is 13.6. The molecule has 0 aliphatic heterocycles. The predicted molar refractivity (Wildman–Crippen MR) is 91.9 cm³/mol. The number of aryl methyl sites for hydroxylation is 2. The third kappa shape index (κ3) is 2.89. The summed E-state index contributed by atoms with van der Waals surface area (Å²) in [6.07, 6.45) is 0.656. The molecule has 0 aliphatic carbocycles. The second-order valence-electron chi connectivity index (χ2n) is 5.86. The van der Waals surface area contributed by atoms with E-state index < -0.39 is 13.0 Å². The third-order valence-corrected chi connectivity index (χ3v) is 6.48. The van der Waals surface area contributed by atoms with Crippen molar-refractivity contribution in [2.45, 2.75) is 39.3 Å². The van der Waals surface area contributed by atoms with Crippen molar-refractivity contribution < 1.29 is 9.36 Å². The molecule has 0 fully saturated rings. The molecule has 2 unspecified atom stereocenters. The number of hydrogen-bond donors (Lipinski definition) is 0. The van der Waals surface area contributed by atoms with Gasteiger partial charge in [-0.3, -0.25) is 0 Å². The first-order valence-electron chi connectivity index (χ1n) is 7.55.